The summed E-state index contributed by atoms with van der Waals surface area (Å²) in [4.78, 5) is 27.6. The van der Waals surface area contributed by atoms with Gasteiger partial charge >= 0.3 is 0 Å². The number of hydrogen-bond acceptors (Lipinski definition) is 5. The van der Waals surface area contributed by atoms with E-state index in [0.29, 0.717) is 23.7 Å². The summed E-state index contributed by atoms with van der Waals surface area (Å²) in [5.41, 5.74) is 3.44. The van der Waals surface area contributed by atoms with Gasteiger partial charge in [0.2, 0.25) is 18.6 Å². The zero-order chi connectivity index (χ0) is 22.8. The van der Waals surface area contributed by atoms with Crippen LogP contribution in [-0.4, -0.2) is 24.4 Å². The van der Waals surface area contributed by atoms with Crippen LogP contribution in [-0.2, 0) is 9.59 Å². The van der Waals surface area contributed by atoms with E-state index in [9.17, 15) is 9.59 Å². The Hall–Kier alpha value is -3.45. The molecule has 6 nitrogen and oxygen atoms in total. The van der Waals surface area contributed by atoms with Crippen molar-refractivity contribution in [3.8, 4) is 11.5 Å². The fourth-order valence-corrected chi connectivity index (χ4v) is 5.41. The standard InChI is InChI=1S/C26H24N2O4S/c1-2-21(17-7-4-3-5-8-17)25(30)27-19-10-6-9-18(13-19)26-28(24(29)15-33-26)20-11-12-22-23(14-20)32-16-31-22/h3-14,21,26H,2,15-16H2,1H3,(H,27,30)/t21-,26+/m0/s1. The molecule has 1 saturated heterocycles. The van der Waals surface area contributed by atoms with Crippen molar-refractivity contribution in [1.29, 1.82) is 0 Å². The first-order chi connectivity index (χ1) is 16.1. The lowest BCUT2D eigenvalue weighted by Gasteiger charge is -2.25. The molecule has 33 heavy (non-hydrogen) atoms. The number of fused-ring (bicyclic) bond motifs is 1. The maximum atomic E-state index is 13.0. The van der Waals surface area contributed by atoms with Crippen molar-refractivity contribution in [2.24, 2.45) is 0 Å². The molecular formula is C26H24N2O4S. The van der Waals surface area contributed by atoms with Crippen molar-refractivity contribution in [2.45, 2.75) is 24.6 Å². The lowest BCUT2D eigenvalue weighted by molar-refractivity contribution is -0.118. The van der Waals surface area contributed by atoms with Gasteiger partial charge in [0.1, 0.15) is 5.37 Å². The highest BCUT2D eigenvalue weighted by atomic mass is 32.2. The molecule has 0 aliphatic carbocycles. The van der Waals surface area contributed by atoms with Gasteiger partial charge in [-0.05, 0) is 41.8 Å². The number of carbonyl (C=O) groups excluding carboxylic acids is 2. The van der Waals surface area contributed by atoms with Gasteiger partial charge in [-0.15, -0.1) is 11.8 Å². The molecule has 0 radical (unpaired) electrons. The molecule has 2 heterocycles. The quantitative estimate of drug-likeness (QED) is 0.539. The number of nitrogens with one attached hydrogen (secondary N) is 1. The molecule has 1 N–H and O–H groups in total. The number of amides is 2. The lowest BCUT2D eigenvalue weighted by atomic mass is 9.95. The second-order valence-electron chi connectivity index (χ2n) is 7.95. The number of anilines is 2. The smallest absolute Gasteiger partial charge is 0.238 e. The van der Waals surface area contributed by atoms with E-state index in [1.807, 2.05) is 79.7 Å². The summed E-state index contributed by atoms with van der Waals surface area (Å²) in [7, 11) is 0. The highest BCUT2D eigenvalue weighted by molar-refractivity contribution is 8.00. The molecule has 0 spiro atoms. The van der Waals surface area contributed by atoms with E-state index in [4.69, 9.17) is 9.47 Å². The van der Waals surface area contributed by atoms with Crippen molar-refractivity contribution in [3.63, 3.8) is 0 Å². The van der Waals surface area contributed by atoms with Crippen LogP contribution in [0, 0.1) is 0 Å². The second kappa shape index (κ2) is 9.19. The average Bonchev–Trinajstić information content (AvgIpc) is 3.46. The summed E-state index contributed by atoms with van der Waals surface area (Å²) in [6.07, 6.45) is 0.709. The second-order valence-corrected chi connectivity index (χ2v) is 9.02. The van der Waals surface area contributed by atoms with Crippen LogP contribution in [0.2, 0.25) is 0 Å². The highest BCUT2D eigenvalue weighted by Crippen LogP contribution is 2.45. The minimum Gasteiger partial charge on any atom is -0.454 e. The fraction of sp³-hybridized carbons (Fsp3) is 0.231. The summed E-state index contributed by atoms with van der Waals surface area (Å²) < 4.78 is 10.9. The molecular weight excluding hydrogens is 436 g/mol. The predicted octanol–water partition coefficient (Wildman–Crippen LogP) is 5.33. The first-order valence-electron chi connectivity index (χ1n) is 10.9. The average molecular weight is 461 g/mol. The Bertz CT molecular complexity index is 1180. The molecule has 3 aromatic rings. The molecule has 2 aliphatic heterocycles. The van der Waals surface area contributed by atoms with Gasteiger partial charge in [0.15, 0.2) is 11.5 Å². The predicted molar refractivity (Wildman–Crippen MR) is 130 cm³/mol. The Morgan fingerprint density at radius 2 is 1.88 bits per heavy atom. The lowest BCUT2D eigenvalue weighted by Crippen LogP contribution is -2.27. The summed E-state index contributed by atoms with van der Waals surface area (Å²) in [5, 5.41) is 2.88. The van der Waals surface area contributed by atoms with E-state index in [-0.39, 0.29) is 29.9 Å². The Morgan fingerprint density at radius 3 is 2.70 bits per heavy atom. The highest BCUT2D eigenvalue weighted by Gasteiger charge is 2.35. The number of nitrogens with zero attached hydrogens (tertiary/aromatic N) is 1. The third-order valence-electron chi connectivity index (χ3n) is 5.87. The summed E-state index contributed by atoms with van der Waals surface area (Å²) in [6.45, 7) is 2.20. The number of carbonyl (C=O) groups is 2. The SMILES string of the molecule is CC[C@H](C(=O)Nc1cccc([C@H]2SCC(=O)N2c2ccc3c(c2)OCO3)c1)c1ccccc1. The molecule has 168 valence electrons. The van der Waals surface area contributed by atoms with Crippen LogP contribution < -0.4 is 19.7 Å². The van der Waals surface area contributed by atoms with Gasteiger partial charge in [-0.2, -0.15) is 0 Å². The maximum absolute atomic E-state index is 13.0. The maximum Gasteiger partial charge on any atom is 0.238 e. The molecule has 0 bridgehead atoms. The number of ether oxygens (including phenoxy) is 2. The van der Waals surface area contributed by atoms with Crippen molar-refractivity contribution in [3.05, 3.63) is 83.9 Å². The number of hydrogen-bond donors (Lipinski definition) is 1. The van der Waals surface area contributed by atoms with Gasteiger partial charge in [-0.1, -0.05) is 49.4 Å². The van der Waals surface area contributed by atoms with E-state index in [0.717, 1.165) is 22.5 Å². The van der Waals surface area contributed by atoms with Gasteiger partial charge in [0.05, 0.1) is 11.7 Å². The zero-order valence-electron chi connectivity index (χ0n) is 18.2. The summed E-state index contributed by atoms with van der Waals surface area (Å²) >= 11 is 1.57. The molecule has 0 aromatic heterocycles. The van der Waals surface area contributed by atoms with Crippen molar-refractivity contribution >= 4 is 35.0 Å². The molecule has 2 amide bonds. The van der Waals surface area contributed by atoms with Gasteiger partial charge in [-0.25, -0.2) is 0 Å². The minimum atomic E-state index is -0.220. The summed E-state index contributed by atoms with van der Waals surface area (Å²) in [5.74, 6) is 1.49. The molecule has 2 aliphatic rings. The largest absolute Gasteiger partial charge is 0.454 e. The molecule has 0 saturated carbocycles. The Kier molecular flexibility index (Phi) is 5.96. The third kappa shape index (κ3) is 4.28. The van der Waals surface area contributed by atoms with Crippen molar-refractivity contribution in [2.75, 3.05) is 22.8 Å². The van der Waals surface area contributed by atoms with Crippen LogP contribution >= 0.6 is 11.8 Å². The van der Waals surface area contributed by atoms with Gasteiger partial charge in [-0.3, -0.25) is 14.5 Å². The molecule has 7 heteroatoms. The number of benzene rings is 3. The van der Waals surface area contributed by atoms with E-state index in [1.54, 1.807) is 16.7 Å². The Balaban J connectivity index is 1.38. The van der Waals surface area contributed by atoms with Crippen molar-refractivity contribution in [1.82, 2.24) is 0 Å². The van der Waals surface area contributed by atoms with E-state index >= 15 is 0 Å². The van der Waals surface area contributed by atoms with Gasteiger partial charge < -0.3 is 14.8 Å². The van der Waals surface area contributed by atoms with E-state index < -0.39 is 0 Å². The first-order valence-corrected chi connectivity index (χ1v) is 12.0. The fourth-order valence-electron chi connectivity index (χ4n) is 4.24. The molecule has 5 rings (SSSR count). The number of thioether (sulfide) groups is 1. The third-order valence-corrected chi connectivity index (χ3v) is 7.08. The van der Waals surface area contributed by atoms with Crippen LogP contribution in [0.5, 0.6) is 11.5 Å². The first kappa shape index (κ1) is 21.4. The Morgan fingerprint density at radius 1 is 1.06 bits per heavy atom. The molecule has 2 atom stereocenters. The van der Waals surface area contributed by atoms with Crippen LogP contribution in [0.3, 0.4) is 0 Å². The molecule has 0 unspecified atom stereocenters. The van der Waals surface area contributed by atoms with Crippen LogP contribution in [0.4, 0.5) is 11.4 Å². The van der Waals surface area contributed by atoms with Crippen LogP contribution in [0.1, 0.15) is 35.8 Å². The molecule has 1 fully saturated rings. The van der Waals surface area contributed by atoms with Crippen LogP contribution in [0.25, 0.3) is 0 Å². The minimum absolute atomic E-state index is 0.0356. The Labute approximate surface area is 196 Å². The summed E-state index contributed by atoms with van der Waals surface area (Å²) in [6, 6.07) is 23.1. The van der Waals surface area contributed by atoms with Crippen LogP contribution in [0.15, 0.2) is 72.8 Å². The van der Waals surface area contributed by atoms with E-state index in [1.165, 1.54) is 0 Å². The van der Waals surface area contributed by atoms with Gasteiger partial charge in [0.25, 0.3) is 0 Å². The topological polar surface area (TPSA) is 67.9 Å². The van der Waals surface area contributed by atoms with Gasteiger partial charge in [0, 0.05) is 17.4 Å². The van der Waals surface area contributed by atoms with E-state index in [2.05, 4.69) is 5.32 Å². The normalized spacial score (nSPS) is 17.8. The monoisotopic (exact) mass is 460 g/mol. The number of rotatable bonds is 6. The molecule has 3 aromatic carbocycles. The zero-order valence-corrected chi connectivity index (χ0v) is 19.0. The van der Waals surface area contributed by atoms with Crippen molar-refractivity contribution < 1.29 is 19.1 Å².